The second-order valence-corrected chi connectivity index (χ2v) is 37.2. The Kier molecular flexibility index (Phi) is 34.7. The summed E-state index contributed by atoms with van der Waals surface area (Å²) in [5.41, 5.74) is 22.4. The number of ketones is 1. The Labute approximate surface area is 848 Å². The molecule has 3 heterocycles. The fourth-order valence-corrected chi connectivity index (χ4v) is 16.5. The molecule has 716 valence electrons. The van der Waals surface area contributed by atoms with Crippen LogP contribution in [0.2, 0.25) is 10.0 Å². The lowest BCUT2D eigenvalue weighted by Crippen LogP contribution is -2.34. The van der Waals surface area contributed by atoms with Crippen molar-refractivity contribution in [3.05, 3.63) is 509 Å². The lowest BCUT2D eigenvalue weighted by molar-refractivity contribution is -0.385. The highest BCUT2D eigenvalue weighted by molar-refractivity contribution is 9.10. The quantitative estimate of drug-likeness (QED) is 0.0106. The van der Waals surface area contributed by atoms with E-state index < -0.39 is 22.6 Å². The summed E-state index contributed by atoms with van der Waals surface area (Å²) in [7, 11) is 0. The van der Waals surface area contributed by atoms with Gasteiger partial charge >= 0.3 is 0 Å². The number of carbonyl (C=O) groups is 6. The van der Waals surface area contributed by atoms with E-state index in [1.54, 1.807) is 103 Å². The molecule has 0 saturated heterocycles. The molecule has 0 saturated carbocycles. The smallest absolute Gasteiger partial charge is 0.291 e. The maximum atomic E-state index is 13.0. The third-order valence-electron chi connectivity index (χ3n) is 23.6. The molecule has 0 spiro atoms. The first-order valence-corrected chi connectivity index (χ1v) is 48.0. The topological polar surface area (TPSA) is 258 Å². The van der Waals surface area contributed by atoms with Crippen LogP contribution >= 0.6 is 39.1 Å². The number of halogens is 3. The largest absolute Gasteiger partial charge is 0.457 e. The van der Waals surface area contributed by atoms with Crippen LogP contribution < -0.4 is 26.6 Å². The van der Waals surface area contributed by atoms with Crippen molar-refractivity contribution in [2.45, 2.75) is 87.1 Å². The van der Waals surface area contributed by atoms with Crippen LogP contribution in [0.3, 0.4) is 0 Å². The number of aryl methyl sites for hydroxylation is 3. The number of carbonyl (C=O) groups excluding carboxylic acids is 6. The minimum Gasteiger partial charge on any atom is -0.457 e. The molecule has 3 aliphatic carbocycles. The molecule has 0 fully saturated rings. The molecule has 3 aliphatic rings. The van der Waals surface area contributed by atoms with Gasteiger partial charge in [-0.05, 0) is 248 Å². The highest BCUT2D eigenvalue weighted by atomic mass is 79.9. The molecule has 18 nitrogen and oxygen atoms in total. The Bertz CT molecular complexity index is 7300. The number of para-hydroxylation sites is 2. The molecule has 18 rings (SSSR count). The molecule has 15 aromatic rings. The van der Waals surface area contributed by atoms with Gasteiger partial charge in [-0.3, -0.25) is 38.9 Å². The molecule has 12 aromatic carbocycles. The van der Waals surface area contributed by atoms with Crippen molar-refractivity contribution in [2.24, 2.45) is 17.3 Å². The van der Waals surface area contributed by atoms with Gasteiger partial charge in [-0.25, -0.2) is 4.98 Å². The van der Waals surface area contributed by atoms with E-state index in [9.17, 15) is 38.9 Å². The lowest BCUT2D eigenvalue weighted by Gasteiger charge is -2.32. The Balaban J connectivity index is 0.000000161. The van der Waals surface area contributed by atoms with E-state index in [0.717, 1.165) is 61.1 Å². The number of nitro benzene ring substituents is 1. The number of aromatic nitrogens is 1. The number of Topliss-reactive ketones (excluding diaryl/α,β-unsaturated/α-hetero) is 1. The fraction of sp³-hybridized carbons (Fsp3) is 0.132. The molecule has 0 aliphatic heterocycles. The summed E-state index contributed by atoms with van der Waals surface area (Å²) in [6, 6.07) is 97.0. The van der Waals surface area contributed by atoms with E-state index in [1.807, 2.05) is 197 Å². The molecule has 0 radical (unpaired) electrons. The predicted molar refractivity (Wildman–Crippen MR) is 581 cm³/mol. The van der Waals surface area contributed by atoms with Gasteiger partial charge in [0.15, 0.2) is 17.1 Å². The lowest BCUT2D eigenvalue weighted by atomic mass is 9.72. The zero-order valence-corrected chi connectivity index (χ0v) is 82.7. The minimum absolute atomic E-state index is 0. The van der Waals surface area contributed by atoms with Crippen molar-refractivity contribution in [3.63, 3.8) is 0 Å². The number of benzene rings is 12. The average Bonchev–Trinajstić information content (AvgIpc) is 1.64. The van der Waals surface area contributed by atoms with Gasteiger partial charge in [-0.1, -0.05) is 326 Å². The number of allylic oxidation sites excluding steroid dienone is 14. The molecule has 0 bridgehead atoms. The number of nitrogens with zero attached hydrogens (tertiary/aromatic N) is 2. The second-order valence-electron chi connectivity index (χ2n) is 35.4. The monoisotopic (exact) mass is 1990 g/mol. The highest BCUT2D eigenvalue weighted by Gasteiger charge is 2.34. The van der Waals surface area contributed by atoms with Gasteiger partial charge in [0.05, 0.1) is 9.95 Å². The molecule has 3 aromatic heterocycles. The zero-order chi connectivity index (χ0) is 100. The molecular formula is C121H110BrCl2N7O11. The normalized spacial score (nSPS) is 12.8. The van der Waals surface area contributed by atoms with Crippen LogP contribution in [0.15, 0.2) is 429 Å². The molecular weight excluding hydrogens is 1880 g/mol. The predicted octanol–water partition coefficient (Wildman–Crippen LogP) is 31.2. The van der Waals surface area contributed by atoms with E-state index in [4.69, 9.17) is 36.5 Å². The van der Waals surface area contributed by atoms with Gasteiger partial charge in [0, 0.05) is 93.8 Å². The van der Waals surface area contributed by atoms with E-state index >= 15 is 0 Å². The van der Waals surface area contributed by atoms with Crippen LogP contribution in [-0.4, -0.2) is 45.2 Å². The first-order valence-electron chi connectivity index (χ1n) is 46.4. The maximum Gasteiger partial charge on any atom is 0.291 e. The van der Waals surface area contributed by atoms with E-state index in [1.165, 1.54) is 82.5 Å². The van der Waals surface area contributed by atoms with Gasteiger partial charge in [0.1, 0.15) is 34.1 Å². The SMILES string of the molecule is C=C(C)c1ccc(NC(=O)c2ccc(-c3ccc(Br)cc3)o2)cc1.C=C(CCCCC1C=CC=C1)C1=C2C=C(c3ccc(C)cc3)C=C(C(C)(C)C)C2C=C1.Cc1ccc(C(=O)N/C(=C\c2ccc(-c3cc(Cl)ccc3Cl)o2)C(=O)NCc2ccccc2)cc1.Cc1ccccc1-c1nc2cc(NC(=O)c3ccccc3[N+](=O)[O-])ccc2o1.O=C(Cc1ccccc1)c1cccc(C(=O)Nc2ccccc2)c1.[HH].[HH]. The number of fused-ring (bicyclic) bond motifs is 2. The summed E-state index contributed by atoms with van der Waals surface area (Å²) in [4.78, 5) is 90.5. The molecule has 1 atom stereocenters. The summed E-state index contributed by atoms with van der Waals surface area (Å²) in [6.07, 6.45) is 25.1. The number of oxazole rings is 1. The summed E-state index contributed by atoms with van der Waals surface area (Å²) >= 11 is 15.8. The number of nitro groups is 1. The van der Waals surface area contributed by atoms with Crippen molar-refractivity contribution in [1.29, 1.82) is 0 Å². The Morgan fingerprint density at radius 1 is 0.542 bits per heavy atom. The van der Waals surface area contributed by atoms with Gasteiger partial charge in [-0.15, -0.1) is 0 Å². The van der Waals surface area contributed by atoms with Crippen molar-refractivity contribution in [3.8, 4) is 34.1 Å². The third kappa shape index (κ3) is 28.1. The third-order valence-corrected chi connectivity index (χ3v) is 24.7. The van der Waals surface area contributed by atoms with Crippen LogP contribution in [-0.2, 0) is 17.8 Å². The number of unbranched alkanes of at least 4 members (excludes halogenated alkanes) is 1. The number of anilines is 3. The second kappa shape index (κ2) is 48.4. The number of hydrogen-bond donors (Lipinski definition) is 5. The molecule has 21 heteroatoms. The maximum absolute atomic E-state index is 13.0. The van der Waals surface area contributed by atoms with Gasteiger partial charge in [0.25, 0.3) is 35.2 Å². The number of amides is 5. The van der Waals surface area contributed by atoms with Crippen LogP contribution in [0, 0.1) is 48.1 Å². The van der Waals surface area contributed by atoms with Crippen molar-refractivity contribution < 1.29 is 49.8 Å². The number of furan rings is 2. The Morgan fingerprint density at radius 2 is 1.15 bits per heavy atom. The van der Waals surface area contributed by atoms with Crippen molar-refractivity contribution in [2.75, 3.05) is 16.0 Å². The molecule has 5 N–H and O–H groups in total. The van der Waals surface area contributed by atoms with Crippen molar-refractivity contribution in [1.82, 2.24) is 15.6 Å². The minimum atomic E-state index is -0.579. The van der Waals surface area contributed by atoms with Crippen molar-refractivity contribution >= 4 is 126 Å². The highest BCUT2D eigenvalue weighted by Crippen LogP contribution is 2.48. The summed E-state index contributed by atoms with van der Waals surface area (Å²) in [6.45, 7) is 23.7. The first kappa shape index (κ1) is 102. The van der Waals surface area contributed by atoms with E-state index in [0.29, 0.717) is 103 Å². The van der Waals surface area contributed by atoms with E-state index in [2.05, 4.69) is 161 Å². The summed E-state index contributed by atoms with van der Waals surface area (Å²) < 4.78 is 18.4. The first-order chi connectivity index (χ1) is 68.5. The number of hydrogen-bond acceptors (Lipinski definition) is 12. The summed E-state index contributed by atoms with van der Waals surface area (Å²) in [5, 5.41) is 26.0. The number of nitrogens with one attached hydrogen (secondary N) is 5. The van der Waals surface area contributed by atoms with E-state index in [-0.39, 0.29) is 48.6 Å². The molecule has 142 heavy (non-hydrogen) atoms. The Hall–Kier alpha value is -16.2. The number of rotatable bonds is 27. The van der Waals surface area contributed by atoms with Crippen LogP contribution in [0.25, 0.3) is 62.4 Å². The zero-order valence-electron chi connectivity index (χ0n) is 79.6. The molecule has 1 unspecified atom stereocenters. The van der Waals surface area contributed by atoms with Gasteiger partial charge in [0.2, 0.25) is 5.89 Å². The molecule has 5 amide bonds. The average molecular weight is 1990 g/mol. The summed E-state index contributed by atoms with van der Waals surface area (Å²) in [5.74, 6) is 1.38. The standard InChI is InChI=1S/C31H36.C28H22Cl2N2O3.C21H15N3O4.C21H17NO2.C20H16BrNO2.2H2/c1-22-14-16-25(17-15-22)26-20-29-27(18-19-28(29)30(21-26)31(3,4)5)23(2)10-6-7-11-24-12-8-9-13-24;1-18-7-9-20(10-8-18)27(33)32-25(28(34)31-17-19-5-3-2-4-6-19)16-22-12-14-26(35-22)23-15-21(29)11-13-24(23)30;1-13-6-2-3-7-15(13)21-23-17-12-14(10-11-19(17)28-21)22-20(25)16-8-4-5-9-18(16)24(26)27;23-20(14-16-8-3-1-4-9-16)17-10-7-11-18(15-17)21(24)22-19-12-5-2-6-13-19;1-13(2)14-5-9-17(10-6-14)22-20(23)19-12-11-18(24-19)15-3-7-16(21)8-4-15;;/h8-9,12-21,24,28H,2,6-7,10-11H2,1,3-5H3;2-16H,17H2,1H3,(H,31,34)(H,32,33);2-12H,1H3,(H,22,25);1-13,15H,14H2,(H,22,24);3-12H,1H2,2H3,(H,22,23);2*1H/b;25-16-;;;;;. The van der Waals surface area contributed by atoms with Crippen LogP contribution in [0.4, 0.5) is 22.7 Å². The van der Waals surface area contributed by atoms with Crippen LogP contribution in [0.5, 0.6) is 0 Å². The van der Waals surface area contributed by atoms with Gasteiger partial charge < -0.3 is 39.8 Å². The Morgan fingerprint density at radius 3 is 1.85 bits per heavy atom. The fourth-order valence-electron chi connectivity index (χ4n) is 15.9. The van der Waals surface area contributed by atoms with Gasteiger partial charge in [-0.2, -0.15) is 0 Å². The van der Waals surface area contributed by atoms with Crippen LogP contribution in [0.1, 0.15) is 153 Å².